The molecule has 3 rings (SSSR count). The van der Waals surface area contributed by atoms with E-state index in [0.29, 0.717) is 17.1 Å². The molecule has 10 nitrogen and oxygen atoms in total. The van der Waals surface area contributed by atoms with Crippen LogP contribution in [0.25, 0.3) is 0 Å². The lowest BCUT2D eigenvalue weighted by atomic mass is 10.1. The van der Waals surface area contributed by atoms with E-state index in [-0.39, 0.29) is 24.0 Å². The van der Waals surface area contributed by atoms with Crippen LogP contribution < -0.4 is 10.6 Å². The van der Waals surface area contributed by atoms with Crippen LogP contribution in [0.5, 0.6) is 0 Å². The normalized spacial score (nSPS) is 12.0. The molecule has 0 spiro atoms. The first kappa shape index (κ1) is 26.3. The van der Waals surface area contributed by atoms with Gasteiger partial charge in [-0.15, -0.1) is 0 Å². The molecular formula is C24H25F2N5O5. The summed E-state index contributed by atoms with van der Waals surface area (Å²) in [5.74, 6) is -6.58. The Labute approximate surface area is 205 Å². The average Bonchev–Trinajstić information content (AvgIpc) is 3.28. The molecule has 3 aromatic rings. The number of oxazole rings is 1. The number of anilines is 2. The molecule has 0 fully saturated rings. The van der Waals surface area contributed by atoms with E-state index < -0.39 is 30.4 Å². The molecule has 0 radical (unpaired) electrons. The topological polar surface area (TPSA) is 138 Å². The zero-order valence-electron chi connectivity index (χ0n) is 19.8. The van der Waals surface area contributed by atoms with Crippen LogP contribution in [-0.4, -0.2) is 50.9 Å². The van der Waals surface area contributed by atoms with E-state index in [1.807, 2.05) is 25.1 Å². The number of carbonyl (C=O) groups excluding carboxylic acids is 2. The summed E-state index contributed by atoms with van der Waals surface area (Å²) in [4.78, 5) is 44.9. The third-order valence-electron chi connectivity index (χ3n) is 5.43. The summed E-state index contributed by atoms with van der Waals surface area (Å²) in [7, 11) is 1.50. The lowest BCUT2D eigenvalue weighted by molar-refractivity contribution is -0.165. The molecular weight excluding hydrogens is 476 g/mol. The van der Waals surface area contributed by atoms with Crippen molar-refractivity contribution in [1.29, 1.82) is 0 Å². The Morgan fingerprint density at radius 1 is 1.11 bits per heavy atom. The zero-order chi connectivity index (χ0) is 26.5. The van der Waals surface area contributed by atoms with Gasteiger partial charge >= 0.3 is 17.9 Å². The van der Waals surface area contributed by atoms with Crippen LogP contribution in [0.1, 0.15) is 35.7 Å². The summed E-state index contributed by atoms with van der Waals surface area (Å²) >= 11 is 0. The molecule has 1 atom stereocenters. The number of alkyl halides is 2. The number of hydrogen-bond acceptors (Lipinski definition) is 6. The van der Waals surface area contributed by atoms with Crippen molar-refractivity contribution < 1.29 is 32.7 Å². The molecule has 2 heterocycles. The van der Waals surface area contributed by atoms with Crippen molar-refractivity contribution in [3.63, 3.8) is 0 Å². The summed E-state index contributed by atoms with van der Waals surface area (Å²) in [6.45, 7) is 3.47. The van der Waals surface area contributed by atoms with Crippen molar-refractivity contribution in [2.45, 2.75) is 38.7 Å². The van der Waals surface area contributed by atoms with Gasteiger partial charge in [-0.3, -0.25) is 10.1 Å². The van der Waals surface area contributed by atoms with Crippen LogP contribution >= 0.6 is 0 Å². The van der Waals surface area contributed by atoms with E-state index in [1.165, 1.54) is 18.1 Å². The van der Waals surface area contributed by atoms with E-state index in [1.54, 1.807) is 25.1 Å². The van der Waals surface area contributed by atoms with Crippen LogP contribution in [-0.2, 0) is 22.4 Å². The molecule has 3 N–H and O–H groups in total. The number of aryl methyl sites for hydroxylation is 1. The fourth-order valence-corrected chi connectivity index (χ4v) is 3.16. The molecule has 36 heavy (non-hydrogen) atoms. The molecule has 190 valence electrons. The second kappa shape index (κ2) is 10.9. The number of nitrogens with zero attached hydrogens (tertiary/aromatic N) is 3. The molecule has 0 aliphatic carbocycles. The van der Waals surface area contributed by atoms with E-state index in [4.69, 9.17) is 9.52 Å². The first-order valence-corrected chi connectivity index (χ1v) is 10.9. The van der Waals surface area contributed by atoms with Gasteiger partial charge in [0.1, 0.15) is 17.6 Å². The third kappa shape index (κ3) is 6.62. The second-order valence-corrected chi connectivity index (χ2v) is 8.15. The standard InChI is InChI=1S/C24H25F2N5O5/c1-14-6-4-5-7-18(14)29-23(35)30-19-9-8-16(12-27-19)10-20(32)31(3)15(2)21-28-13-17(36-21)11-24(25,26)22(33)34/h4-9,12-13,15H,10-11H2,1-3H3,(H,33,34)(H2,27,29,30,35). The van der Waals surface area contributed by atoms with Crippen molar-refractivity contribution in [3.05, 3.63) is 71.6 Å². The van der Waals surface area contributed by atoms with Crippen molar-refractivity contribution in [2.24, 2.45) is 0 Å². The van der Waals surface area contributed by atoms with Crippen LogP contribution in [0.15, 0.2) is 53.2 Å². The monoisotopic (exact) mass is 501 g/mol. The van der Waals surface area contributed by atoms with E-state index in [2.05, 4.69) is 20.6 Å². The van der Waals surface area contributed by atoms with Crippen LogP contribution in [0, 0.1) is 6.92 Å². The predicted octanol–water partition coefficient (Wildman–Crippen LogP) is 4.05. The Kier molecular flexibility index (Phi) is 7.97. The molecule has 0 aliphatic rings. The Morgan fingerprint density at radius 2 is 1.83 bits per heavy atom. The summed E-state index contributed by atoms with van der Waals surface area (Å²) in [6, 6.07) is 9.38. The smallest absolute Gasteiger partial charge is 0.375 e. The second-order valence-electron chi connectivity index (χ2n) is 8.15. The van der Waals surface area contributed by atoms with E-state index >= 15 is 0 Å². The Morgan fingerprint density at radius 3 is 2.47 bits per heavy atom. The first-order chi connectivity index (χ1) is 17.0. The molecule has 2 aromatic heterocycles. The van der Waals surface area contributed by atoms with Gasteiger partial charge in [0.25, 0.3) is 0 Å². The van der Waals surface area contributed by atoms with Crippen LogP contribution in [0.3, 0.4) is 0 Å². The summed E-state index contributed by atoms with van der Waals surface area (Å²) < 4.78 is 32.0. The summed E-state index contributed by atoms with van der Waals surface area (Å²) in [6.07, 6.45) is 1.31. The van der Waals surface area contributed by atoms with Gasteiger partial charge in [-0.05, 0) is 37.1 Å². The number of carbonyl (C=O) groups is 3. The van der Waals surface area contributed by atoms with E-state index in [9.17, 15) is 23.2 Å². The number of nitrogens with one attached hydrogen (secondary N) is 2. The van der Waals surface area contributed by atoms with Gasteiger partial charge in [0.05, 0.1) is 19.0 Å². The highest BCUT2D eigenvalue weighted by atomic mass is 19.3. The van der Waals surface area contributed by atoms with Gasteiger partial charge in [0, 0.05) is 18.9 Å². The highest BCUT2D eigenvalue weighted by molar-refractivity contribution is 5.99. The van der Waals surface area contributed by atoms with Gasteiger partial charge in [0.2, 0.25) is 11.8 Å². The fraction of sp³-hybridized carbons (Fsp3) is 0.292. The minimum Gasteiger partial charge on any atom is -0.477 e. The Hall–Kier alpha value is -4.35. The number of halogens is 2. The van der Waals surface area contributed by atoms with E-state index in [0.717, 1.165) is 11.8 Å². The van der Waals surface area contributed by atoms with Crippen molar-refractivity contribution in [2.75, 3.05) is 17.7 Å². The first-order valence-electron chi connectivity index (χ1n) is 10.9. The molecule has 0 aliphatic heterocycles. The number of likely N-dealkylation sites (N-methyl/N-ethyl adjacent to an activating group) is 1. The maximum Gasteiger partial charge on any atom is 0.375 e. The number of carboxylic acids is 1. The number of aliphatic carboxylic acids is 1. The minimum absolute atomic E-state index is 0.000577. The van der Waals surface area contributed by atoms with Crippen molar-refractivity contribution in [3.8, 4) is 0 Å². The number of amides is 3. The highest BCUT2D eigenvalue weighted by Gasteiger charge is 2.40. The third-order valence-corrected chi connectivity index (χ3v) is 5.43. The van der Waals surface area contributed by atoms with Gasteiger partial charge in [-0.2, -0.15) is 8.78 Å². The maximum absolute atomic E-state index is 13.4. The number of rotatable bonds is 9. The maximum atomic E-state index is 13.4. The molecule has 1 aromatic carbocycles. The molecule has 1 unspecified atom stereocenters. The lowest BCUT2D eigenvalue weighted by Crippen LogP contribution is -2.31. The molecule has 12 heteroatoms. The SMILES string of the molecule is Cc1ccccc1NC(=O)Nc1ccc(CC(=O)N(C)C(C)c2ncc(CC(F)(F)C(=O)O)o2)cn1. The number of urea groups is 1. The number of para-hydroxylation sites is 1. The molecule has 0 saturated heterocycles. The average molecular weight is 501 g/mol. The Bertz CT molecular complexity index is 1250. The summed E-state index contributed by atoms with van der Waals surface area (Å²) in [5, 5.41) is 13.9. The quantitative estimate of drug-likeness (QED) is 0.402. The van der Waals surface area contributed by atoms with Crippen LogP contribution in [0.2, 0.25) is 0 Å². The fourth-order valence-electron chi connectivity index (χ4n) is 3.16. The molecule has 0 saturated carbocycles. The van der Waals surface area contributed by atoms with Gasteiger partial charge in [-0.1, -0.05) is 24.3 Å². The summed E-state index contributed by atoms with van der Waals surface area (Å²) in [5.41, 5.74) is 2.16. The zero-order valence-corrected chi connectivity index (χ0v) is 19.8. The lowest BCUT2D eigenvalue weighted by Gasteiger charge is -2.22. The van der Waals surface area contributed by atoms with Crippen molar-refractivity contribution >= 4 is 29.4 Å². The number of carboxylic acid groups (broad SMARTS) is 1. The molecule has 3 amide bonds. The van der Waals surface area contributed by atoms with Crippen molar-refractivity contribution in [1.82, 2.24) is 14.9 Å². The number of pyridine rings is 1. The Balaban J connectivity index is 1.55. The predicted molar refractivity (Wildman–Crippen MR) is 126 cm³/mol. The number of benzene rings is 1. The number of aromatic nitrogens is 2. The molecule has 0 bridgehead atoms. The highest BCUT2D eigenvalue weighted by Crippen LogP contribution is 2.25. The van der Waals surface area contributed by atoms with Crippen LogP contribution in [0.4, 0.5) is 25.1 Å². The van der Waals surface area contributed by atoms with Gasteiger partial charge in [0.15, 0.2) is 0 Å². The van der Waals surface area contributed by atoms with Gasteiger partial charge in [-0.25, -0.2) is 19.6 Å². The largest absolute Gasteiger partial charge is 0.477 e. The number of hydrogen-bond donors (Lipinski definition) is 3. The van der Waals surface area contributed by atoms with Gasteiger partial charge < -0.3 is 19.7 Å². The minimum atomic E-state index is -3.99.